The summed E-state index contributed by atoms with van der Waals surface area (Å²) < 4.78 is 16.2. The van der Waals surface area contributed by atoms with Gasteiger partial charge in [0.1, 0.15) is 13.2 Å². The molecule has 6 nitrogen and oxygen atoms in total. The summed E-state index contributed by atoms with van der Waals surface area (Å²) in [7, 11) is 0. The summed E-state index contributed by atoms with van der Waals surface area (Å²) >= 11 is 0. The summed E-state index contributed by atoms with van der Waals surface area (Å²) in [6, 6.07) is 5.58. The fraction of sp³-hybridized carbons (Fsp3) is 0.500. The number of rotatable bonds is 2. The Bertz CT molecular complexity index is 444. The highest BCUT2D eigenvalue weighted by atomic mass is 16.6. The molecule has 2 aliphatic rings. The molecule has 2 aliphatic heterocycles. The number of hydrogen-bond acceptors (Lipinski definition) is 5. The second-order valence-corrected chi connectivity index (χ2v) is 4.08. The van der Waals surface area contributed by atoms with E-state index in [1.54, 1.807) is 0 Å². The third-order valence-corrected chi connectivity index (χ3v) is 2.80. The van der Waals surface area contributed by atoms with Crippen LogP contribution < -0.4 is 9.47 Å². The molecule has 0 amide bonds. The van der Waals surface area contributed by atoms with E-state index in [1.807, 2.05) is 23.2 Å². The molecule has 0 unspecified atom stereocenters. The van der Waals surface area contributed by atoms with E-state index >= 15 is 0 Å². The van der Waals surface area contributed by atoms with Gasteiger partial charge in [-0.25, -0.2) is 0 Å². The van der Waals surface area contributed by atoms with Crippen molar-refractivity contribution in [3.05, 3.63) is 18.2 Å². The lowest BCUT2D eigenvalue weighted by atomic mass is 10.3. The van der Waals surface area contributed by atoms with Crippen molar-refractivity contribution in [1.29, 1.82) is 0 Å². The minimum Gasteiger partial charge on any atom is -0.486 e. The van der Waals surface area contributed by atoms with Crippen LogP contribution in [-0.4, -0.2) is 44.5 Å². The van der Waals surface area contributed by atoms with Crippen LogP contribution in [0.1, 0.15) is 0 Å². The molecule has 2 heterocycles. The van der Waals surface area contributed by atoms with Gasteiger partial charge in [0.2, 0.25) is 0 Å². The maximum atomic E-state index is 5.50. The minimum atomic E-state index is 0.580. The highest BCUT2D eigenvalue weighted by Gasteiger charge is 2.12. The molecule has 0 N–H and O–H groups in total. The van der Waals surface area contributed by atoms with Gasteiger partial charge in [0.15, 0.2) is 11.5 Å². The van der Waals surface area contributed by atoms with Crippen LogP contribution in [0, 0.1) is 0 Å². The molecule has 1 aromatic rings. The maximum absolute atomic E-state index is 5.50. The van der Waals surface area contributed by atoms with Crippen LogP contribution in [0.5, 0.6) is 11.5 Å². The van der Waals surface area contributed by atoms with Gasteiger partial charge in [0.05, 0.1) is 32.0 Å². The first kappa shape index (κ1) is 11.3. The molecule has 96 valence electrons. The van der Waals surface area contributed by atoms with Gasteiger partial charge in [-0.2, -0.15) is 0 Å². The van der Waals surface area contributed by atoms with Gasteiger partial charge in [-0.05, 0) is 12.1 Å². The monoisotopic (exact) mass is 249 g/mol. The van der Waals surface area contributed by atoms with Gasteiger partial charge < -0.3 is 14.2 Å². The van der Waals surface area contributed by atoms with Crippen molar-refractivity contribution in [2.75, 3.05) is 39.5 Å². The quantitative estimate of drug-likeness (QED) is 0.750. The molecule has 3 rings (SSSR count). The third-order valence-electron chi connectivity index (χ3n) is 2.80. The Balaban J connectivity index is 1.70. The Kier molecular flexibility index (Phi) is 3.27. The number of morpholine rings is 1. The lowest BCUT2D eigenvalue weighted by Crippen LogP contribution is -2.31. The summed E-state index contributed by atoms with van der Waals surface area (Å²) in [5.41, 5.74) is 0.769. The molecule has 1 aromatic carbocycles. The first-order valence-corrected chi connectivity index (χ1v) is 6.06. The van der Waals surface area contributed by atoms with Gasteiger partial charge >= 0.3 is 0 Å². The summed E-state index contributed by atoms with van der Waals surface area (Å²) in [6.07, 6.45) is 0. The van der Waals surface area contributed by atoms with E-state index in [-0.39, 0.29) is 0 Å². The van der Waals surface area contributed by atoms with Gasteiger partial charge in [-0.1, -0.05) is 5.22 Å². The molecule has 0 radical (unpaired) electrons. The van der Waals surface area contributed by atoms with E-state index in [2.05, 4.69) is 10.3 Å². The van der Waals surface area contributed by atoms with Crippen molar-refractivity contribution in [1.82, 2.24) is 5.01 Å². The third kappa shape index (κ3) is 2.53. The highest BCUT2D eigenvalue weighted by molar-refractivity contribution is 5.51. The first-order valence-electron chi connectivity index (χ1n) is 6.06. The van der Waals surface area contributed by atoms with Crippen LogP contribution in [0.4, 0.5) is 5.69 Å². The Morgan fingerprint density at radius 2 is 1.72 bits per heavy atom. The number of ether oxygens (including phenoxy) is 3. The second-order valence-electron chi connectivity index (χ2n) is 4.08. The molecule has 18 heavy (non-hydrogen) atoms. The van der Waals surface area contributed by atoms with Gasteiger partial charge in [0.25, 0.3) is 0 Å². The number of benzene rings is 1. The Morgan fingerprint density at radius 1 is 0.944 bits per heavy atom. The average Bonchev–Trinajstić information content (AvgIpc) is 2.46. The SMILES string of the molecule is c1cc2c(cc1N=NN1CCOCC1)OCCO2. The van der Waals surface area contributed by atoms with E-state index in [4.69, 9.17) is 14.2 Å². The van der Waals surface area contributed by atoms with E-state index < -0.39 is 0 Å². The predicted molar refractivity (Wildman–Crippen MR) is 64.3 cm³/mol. The zero-order chi connectivity index (χ0) is 12.2. The molecule has 0 saturated carbocycles. The van der Waals surface area contributed by atoms with Crippen LogP contribution in [0.25, 0.3) is 0 Å². The normalized spacial score (nSPS) is 19.2. The molecule has 1 saturated heterocycles. The summed E-state index contributed by atoms with van der Waals surface area (Å²) in [4.78, 5) is 0. The fourth-order valence-corrected chi connectivity index (χ4v) is 1.85. The maximum Gasteiger partial charge on any atom is 0.163 e. The molecule has 0 aromatic heterocycles. The molecule has 0 aliphatic carbocycles. The number of hydrogen-bond donors (Lipinski definition) is 0. The van der Waals surface area contributed by atoms with Crippen LogP contribution in [0.2, 0.25) is 0 Å². The lowest BCUT2D eigenvalue weighted by Gasteiger charge is -2.22. The summed E-state index contributed by atoms with van der Waals surface area (Å²) in [5.74, 6) is 1.51. The summed E-state index contributed by atoms with van der Waals surface area (Å²) in [5, 5.41) is 10.3. The summed E-state index contributed by atoms with van der Waals surface area (Å²) in [6.45, 7) is 4.17. The number of nitrogens with zero attached hydrogens (tertiary/aromatic N) is 3. The molecule has 0 bridgehead atoms. The van der Waals surface area contributed by atoms with Crippen LogP contribution in [0.15, 0.2) is 28.5 Å². The van der Waals surface area contributed by atoms with E-state index in [0.717, 1.165) is 30.3 Å². The van der Waals surface area contributed by atoms with E-state index in [0.29, 0.717) is 26.4 Å². The largest absolute Gasteiger partial charge is 0.486 e. The van der Waals surface area contributed by atoms with Crippen LogP contribution in [-0.2, 0) is 4.74 Å². The Morgan fingerprint density at radius 3 is 2.56 bits per heavy atom. The predicted octanol–water partition coefficient (Wildman–Crippen LogP) is 1.79. The molecular weight excluding hydrogens is 234 g/mol. The average molecular weight is 249 g/mol. The van der Waals surface area contributed by atoms with Crippen molar-refractivity contribution in [2.24, 2.45) is 10.3 Å². The van der Waals surface area contributed by atoms with Crippen molar-refractivity contribution in [2.45, 2.75) is 0 Å². The van der Waals surface area contributed by atoms with Crippen molar-refractivity contribution >= 4 is 5.69 Å². The Labute approximate surface area is 105 Å². The molecule has 1 fully saturated rings. The van der Waals surface area contributed by atoms with Crippen molar-refractivity contribution < 1.29 is 14.2 Å². The molecule has 0 spiro atoms. The van der Waals surface area contributed by atoms with Crippen LogP contribution in [0.3, 0.4) is 0 Å². The Hall–Kier alpha value is -1.82. The van der Waals surface area contributed by atoms with E-state index in [9.17, 15) is 0 Å². The van der Waals surface area contributed by atoms with Gasteiger partial charge in [-0.15, -0.1) is 5.11 Å². The topological polar surface area (TPSA) is 55.7 Å². The minimum absolute atomic E-state index is 0.580. The second kappa shape index (κ2) is 5.22. The number of fused-ring (bicyclic) bond motifs is 1. The molecule has 0 atom stereocenters. The first-order chi connectivity index (χ1) is 8.92. The standard InChI is InChI=1S/C12H15N3O3/c1-2-11-12(18-8-7-17-11)9-10(1)13-14-15-3-5-16-6-4-15/h1-2,9H,3-8H2. The fourth-order valence-electron chi connectivity index (χ4n) is 1.85. The van der Waals surface area contributed by atoms with E-state index in [1.165, 1.54) is 0 Å². The van der Waals surface area contributed by atoms with Crippen LogP contribution >= 0.6 is 0 Å². The highest BCUT2D eigenvalue weighted by Crippen LogP contribution is 2.33. The van der Waals surface area contributed by atoms with Gasteiger partial charge in [-0.3, -0.25) is 5.01 Å². The molecular formula is C12H15N3O3. The lowest BCUT2D eigenvalue weighted by molar-refractivity contribution is 0.0353. The zero-order valence-corrected chi connectivity index (χ0v) is 10.0. The van der Waals surface area contributed by atoms with Gasteiger partial charge in [0, 0.05) is 6.07 Å². The van der Waals surface area contributed by atoms with Crippen molar-refractivity contribution in [3.63, 3.8) is 0 Å². The molecule has 6 heteroatoms. The van der Waals surface area contributed by atoms with Crippen molar-refractivity contribution in [3.8, 4) is 11.5 Å². The zero-order valence-electron chi connectivity index (χ0n) is 10.0. The smallest absolute Gasteiger partial charge is 0.163 e.